The molecule has 1 heterocycles. The van der Waals surface area contributed by atoms with Gasteiger partial charge in [0, 0.05) is 13.3 Å². The molecule has 1 amide bonds. The molecule has 0 aromatic carbocycles. The first-order chi connectivity index (χ1) is 7.15. The number of carbonyl (C=O) groups is 1. The van der Waals surface area contributed by atoms with Gasteiger partial charge < -0.3 is 9.84 Å². The van der Waals surface area contributed by atoms with Crippen LogP contribution in [0.5, 0.6) is 0 Å². The van der Waals surface area contributed by atoms with E-state index >= 15 is 0 Å². The van der Waals surface area contributed by atoms with Crippen LogP contribution in [0.3, 0.4) is 0 Å². The van der Waals surface area contributed by atoms with E-state index in [1.54, 1.807) is 0 Å². The fraction of sp³-hybridized carbons (Fsp3) is 0.375. The summed E-state index contributed by atoms with van der Waals surface area (Å²) in [6.45, 7) is 0.479. The first-order valence-corrected chi connectivity index (χ1v) is 4.51. The lowest BCUT2D eigenvalue weighted by molar-refractivity contribution is 0.186. The minimum absolute atomic E-state index is 0.0103. The Morgan fingerprint density at radius 3 is 3.00 bits per heavy atom. The number of amides is 1. The molecule has 0 spiro atoms. The van der Waals surface area contributed by atoms with Crippen LogP contribution in [0, 0.1) is 0 Å². The van der Waals surface area contributed by atoms with Crippen molar-refractivity contribution in [2.24, 2.45) is 0 Å². The molecule has 0 aliphatic carbocycles. The highest BCUT2D eigenvalue weighted by atomic mass is 35.5. The van der Waals surface area contributed by atoms with Crippen LogP contribution in [0.15, 0.2) is 12.3 Å². The Hall–Kier alpha value is -1.40. The van der Waals surface area contributed by atoms with Crippen LogP contribution >= 0.6 is 11.6 Å². The summed E-state index contributed by atoms with van der Waals surface area (Å²) in [5, 5.41) is 8.92. The third-order valence-electron chi connectivity index (χ3n) is 1.64. The molecule has 6 nitrogen and oxygen atoms in total. The topological polar surface area (TPSA) is 75.5 Å². The van der Waals surface area contributed by atoms with Crippen molar-refractivity contribution in [2.45, 2.75) is 0 Å². The Morgan fingerprint density at radius 1 is 1.73 bits per heavy atom. The number of carboxylic acid groups (broad SMARTS) is 1. The molecule has 0 aliphatic rings. The number of methoxy groups -OCH3 is 1. The van der Waals surface area contributed by atoms with Gasteiger partial charge in [-0.05, 0) is 17.7 Å². The van der Waals surface area contributed by atoms with E-state index in [1.807, 2.05) is 0 Å². The van der Waals surface area contributed by atoms with E-state index in [-0.39, 0.29) is 24.3 Å². The summed E-state index contributed by atoms with van der Waals surface area (Å²) in [5.41, 5.74) is 0. The van der Waals surface area contributed by atoms with Crippen molar-refractivity contribution >= 4 is 23.5 Å². The van der Waals surface area contributed by atoms with Gasteiger partial charge in [-0.15, -0.1) is 0 Å². The molecule has 82 valence electrons. The molecule has 0 bridgehead atoms. The second kappa shape index (κ2) is 5.47. The van der Waals surface area contributed by atoms with Gasteiger partial charge in [-0.1, -0.05) is 0 Å². The molecule has 0 atom stereocenters. The molecular formula is C8H10ClN3O3. The van der Waals surface area contributed by atoms with E-state index in [0.717, 1.165) is 4.90 Å². The molecule has 0 fully saturated rings. The molecule has 0 unspecified atom stereocenters. The second-order valence-electron chi connectivity index (χ2n) is 2.61. The molecule has 7 heteroatoms. The minimum atomic E-state index is -1.11. The van der Waals surface area contributed by atoms with E-state index in [2.05, 4.69) is 9.97 Å². The van der Waals surface area contributed by atoms with Crippen LogP contribution in [-0.4, -0.2) is 41.4 Å². The van der Waals surface area contributed by atoms with E-state index < -0.39 is 6.09 Å². The third-order valence-corrected chi connectivity index (χ3v) is 1.82. The van der Waals surface area contributed by atoms with Gasteiger partial charge in [0.15, 0.2) is 0 Å². The van der Waals surface area contributed by atoms with Gasteiger partial charge in [0.05, 0.1) is 13.2 Å². The molecule has 0 radical (unpaired) electrons. The van der Waals surface area contributed by atoms with Gasteiger partial charge in [0.2, 0.25) is 5.28 Å². The SMILES string of the molecule is COCCN(C(=O)O)c1ccnc(Cl)n1. The number of hydrogen-bond donors (Lipinski definition) is 1. The molecule has 1 N–H and O–H groups in total. The van der Waals surface area contributed by atoms with Crippen molar-refractivity contribution < 1.29 is 14.6 Å². The number of nitrogens with zero attached hydrogens (tertiary/aromatic N) is 3. The average Bonchev–Trinajstić information content (AvgIpc) is 2.18. The predicted molar refractivity (Wildman–Crippen MR) is 54.3 cm³/mol. The summed E-state index contributed by atoms with van der Waals surface area (Å²) >= 11 is 5.55. The van der Waals surface area contributed by atoms with Crippen LogP contribution in [-0.2, 0) is 4.74 Å². The fourth-order valence-electron chi connectivity index (χ4n) is 0.967. The van der Waals surface area contributed by atoms with Gasteiger partial charge in [-0.2, -0.15) is 0 Å². The standard InChI is InChI=1S/C8H10ClN3O3/c1-15-5-4-12(8(13)14)6-2-3-10-7(9)11-6/h2-3H,4-5H2,1H3,(H,13,14). The summed E-state index contributed by atoms with van der Waals surface area (Å²) < 4.78 is 4.79. The first-order valence-electron chi connectivity index (χ1n) is 4.13. The summed E-state index contributed by atoms with van der Waals surface area (Å²) in [6, 6.07) is 1.47. The molecule has 1 aromatic rings. The van der Waals surface area contributed by atoms with Crippen LogP contribution in [0.2, 0.25) is 5.28 Å². The molecule has 0 saturated heterocycles. The zero-order chi connectivity index (χ0) is 11.3. The summed E-state index contributed by atoms with van der Waals surface area (Å²) in [5.74, 6) is 0.236. The highest BCUT2D eigenvalue weighted by Crippen LogP contribution is 2.12. The van der Waals surface area contributed by atoms with Crippen molar-refractivity contribution in [3.05, 3.63) is 17.5 Å². The molecule has 1 rings (SSSR count). The van der Waals surface area contributed by atoms with Gasteiger partial charge in [0.1, 0.15) is 5.82 Å². The van der Waals surface area contributed by atoms with Crippen molar-refractivity contribution in [1.82, 2.24) is 9.97 Å². The zero-order valence-corrected chi connectivity index (χ0v) is 8.81. The minimum Gasteiger partial charge on any atom is -0.465 e. The zero-order valence-electron chi connectivity index (χ0n) is 8.05. The van der Waals surface area contributed by atoms with Crippen molar-refractivity contribution in [2.75, 3.05) is 25.2 Å². The van der Waals surface area contributed by atoms with E-state index in [4.69, 9.17) is 21.4 Å². The van der Waals surface area contributed by atoms with Gasteiger partial charge in [-0.25, -0.2) is 14.8 Å². The highest BCUT2D eigenvalue weighted by Gasteiger charge is 2.15. The average molecular weight is 232 g/mol. The van der Waals surface area contributed by atoms with Crippen molar-refractivity contribution in [3.63, 3.8) is 0 Å². The summed E-state index contributed by atoms with van der Waals surface area (Å²) in [4.78, 5) is 19.4. The lowest BCUT2D eigenvalue weighted by atomic mass is 10.5. The Labute approximate surface area is 91.5 Å². The summed E-state index contributed by atoms with van der Waals surface area (Å²) in [7, 11) is 1.49. The maximum atomic E-state index is 10.9. The molecule has 15 heavy (non-hydrogen) atoms. The number of hydrogen-bond acceptors (Lipinski definition) is 4. The Balaban J connectivity index is 2.84. The molecular weight excluding hydrogens is 222 g/mol. The second-order valence-corrected chi connectivity index (χ2v) is 2.95. The number of halogens is 1. The lowest BCUT2D eigenvalue weighted by Crippen LogP contribution is -2.33. The largest absolute Gasteiger partial charge is 0.465 e. The van der Waals surface area contributed by atoms with E-state index in [0.29, 0.717) is 0 Å². The number of ether oxygens (including phenoxy) is 1. The quantitative estimate of drug-likeness (QED) is 0.790. The Bertz CT molecular complexity index is 348. The predicted octanol–water partition coefficient (Wildman–Crippen LogP) is 1.26. The summed E-state index contributed by atoms with van der Waals surface area (Å²) in [6.07, 6.45) is 0.287. The van der Waals surface area contributed by atoms with Crippen LogP contribution in [0.4, 0.5) is 10.6 Å². The van der Waals surface area contributed by atoms with Crippen molar-refractivity contribution in [3.8, 4) is 0 Å². The van der Waals surface area contributed by atoms with Crippen LogP contribution in [0.25, 0.3) is 0 Å². The maximum Gasteiger partial charge on any atom is 0.413 e. The number of aromatic nitrogens is 2. The molecule has 1 aromatic heterocycles. The van der Waals surface area contributed by atoms with Crippen LogP contribution in [0.1, 0.15) is 0 Å². The van der Waals surface area contributed by atoms with Crippen molar-refractivity contribution in [1.29, 1.82) is 0 Å². The van der Waals surface area contributed by atoms with Gasteiger partial charge in [0.25, 0.3) is 0 Å². The molecule has 0 saturated carbocycles. The molecule has 0 aliphatic heterocycles. The third kappa shape index (κ3) is 3.34. The Morgan fingerprint density at radius 2 is 2.47 bits per heavy atom. The number of anilines is 1. The maximum absolute atomic E-state index is 10.9. The van der Waals surface area contributed by atoms with Gasteiger partial charge >= 0.3 is 6.09 Å². The smallest absolute Gasteiger partial charge is 0.413 e. The van der Waals surface area contributed by atoms with E-state index in [1.165, 1.54) is 19.4 Å². The van der Waals surface area contributed by atoms with E-state index in [9.17, 15) is 4.79 Å². The highest BCUT2D eigenvalue weighted by molar-refractivity contribution is 6.28. The Kier molecular flexibility index (Phi) is 4.26. The monoisotopic (exact) mass is 231 g/mol. The fourth-order valence-corrected chi connectivity index (χ4v) is 1.11. The number of rotatable bonds is 4. The van der Waals surface area contributed by atoms with Gasteiger partial charge in [-0.3, -0.25) is 4.90 Å². The lowest BCUT2D eigenvalue weighted by Gasteiger charge is -2.17. The normalized spacial score (nSPS) is 10.0. The first kappa shape index (κ1) is 11.7. The van der Waals surface area contributed by atoms with Crippen LogP contribution < -0.4 is 4.90 Å².